The summed E-state index contributed by atoms with van der Waals surface area (Å²) in [4.78, 5) is 34.6. The number of amides is 1. The summed E-state index contributed by atoms with van der Waals surface area (Å²) < 4.78 is 31.3. The van der Waals surface area contributed by atoms with E-state index in [1.165, 1.54) is 12.1 Å². The molecule has 2 fully saturated rings. The number of alkyl halides is 2. The molecule has 2 atom stereocenters. The van der Waals surface area contributed by atoms with Crippen molar-refractivity contribution in [2.24, 2.45) is 0 Å². The van der Waals surface area contributed by atoms with Gasteiger partial charge in [0.15, 0.2) is 11.5 Å². The number of halogens is 2. The first-order valence-electron chi connectivity index (χ1n) is 14.3. The molecule has 0 unspecified atom stereocenters. The minimum Gasteiger partial charge on any atom is -0.435 e. The van der Waals surface area contributed by atoms with Gasteiger partial charge in [0.2, 0.25) is 0 Å². The van der Waals surface area contributed by atoms with Crippen molar-refractivity contribution >= 4 is 29.8 Å². The lowest BCUT2D eigenvalue weighted by Crippen LogP contribution is -2.51. The Hall–Kier alpha value is -4.46. The summed E-state index contributed by atoms with van der Waals surface area (Å²) in [5.74, 6) is 0.654. The number of aliphatic hydroxyl groups excluding tert-OH is 1. The molecule has 0 aliphatic carbocycles. The molecule has 232 valence electrons. The molecule has 2 aliphatic rings. The number of anilines is 2. The van der Waals surface area contributed by atoms with E-state index >= 15 is 0 Å². The summed E-state index contributed by atoms with van der Waals surface area (Å²) in [5.41, 5.74) is 4.46. The summed E-state index contributed by atoms with van der Waals surface area (Å²) in [7, 11) is 0. The molecule has 6 rings (SSSR count). The van der Waals surface area contributed by atoms with Crippen molar-refractivity contribution in [1.82, 2.24) is 29.5 Å². The number of rotatable bonds is 8. The first-order chi connectivity index (χ1) is 21.3. The first kappa shape index (κ1) is 31.0. The van der Waals surface area contributed by atoms with E-state index in [2.05, 4.69) is 30.2 Å². The number of piperazine rings is 1. The number of aliphatic hydroxyl groups is 1. The number of carbonyl (C=O) groups excluding carboxylic acids is 2. The van der Waals surface area contributed by atoms with Crippen LogP contribution in [0.2, 0.25) is 0 Å². The first-order valence-corrected chi connectivity index (χ1v) is 14.3. The number of imidazole rings is 1. The summed E-state index contributed by atoms with van der Waals surface area (Å²) in [6.07, 6.45) is 5.66. The molecule has 2 saturated heterocycles. The Bertz CT molecular complexity index is 1580. The molecule has 13 heteroatoms. The average Bonchev–Trinajstić information content (AvgIpc) is 3.65. The molecular formula is C31H35F2N7O4. The summed E-state index contributed by atoms with van der Waals surface area (Å²) in [6, 6.07) is 12.3. The SMILES string of the molecule is C=O.Cc1cc(Nc2nccn3c(-c4ccc(OC(F)F)cc4)cnc23)ccc1C(=O)N1CCN(C[C@@H]2C[C@H](O)CN2)CC1. The molecular weight excluding hydrogens is 572 g/mol. The second-order valence-corrected chi connectivity index (χ2v) is 10.8. The van der Waals surface area contributed by atoms with E-state index in [0.29, 0.717) is 42.7 Å². The average molecular weight is 608 g/mol. The minimum absolute atomic E-state index is 0.0243. The highest BCUT2D eigenvalue weighted by molar-refractivity contribution is 5.96. The number of carbonyl (C=O) groups is 2. The van der Waals surface area contributed by atoms with Gasteiger partial charge in [-0.1, -0.05) is 0 Å². The zero-order valence-corrected chi connectivity index (χ0v) is 24.3. The molecule has 2 aliphatic heterocycles. The van der Waals surface area contributed by atoms with Crippen LogP contribution in [-0.2, 0) is 4.79 Å². The maximum absolute atomic E-state index is 13.3. The monoisotopic (exact) mass is 607 g/mol. The number of aromatic nitrogens is 3. The van der Waals surface area contributed by atoms with Crippen LogP contribution >= 0.6 is 0 Å². The van der Waals surface area contributed by atoms with Gasteiger partial charge in [-0.3, -0.25) is 14.1 Å². The van der Waals surface area contributed by atoms with Crippen molar-refractivity contribution in [1.29, 1.82) is 0 Å². The number of ether oxygens (including phenoxy) is 1. The van der Waals surface area contributed by atoms with Crippen LogP contribution in [0.3, 0.4) is 0 Å². The number of β-amino-alcohol motifs (C(OH)–C–C–N with tert-alkyl or cyclic N) is 1. The molecule has 0 saturated carbocycles. The number of hydrogen-bond donors (Lipinski definition) is 3. The fourth-order valence-corrected chi connectivity index (χ4v) is 5.70. The molecule has 3 N–H and O–H groups in total. The van der Waals surface area contributed by atoms with Gasteiger partial charge in [0.25, 0.3) is 5.91 Å². The lowest BCUT2D eigenvalue weighted by molar-refractivity contribution is -0.0980. The lowest BCUT2D eigenvalue weighted by Gasteiger charge is -2.36. The molecule has 44 heavy (non-hydrogen) atoms. The molecule has 0 bridgehead atoms. The van der Waals surface area contributed by atoms with Crippen LogP contribution in [0.1, 0.15) is 22.3 Å². The van der Waals surface area contributed by atoms with Crippen LogP contribution in [0.15, 0.2) is 61.1 Å². The van der Waals surface area contributed by atoms with Gasteiger partial charge in [0.05, 0.1) is 18.0 Å². The third kappa shape index (κ3) is 7.01. The molecule has 11 nitrogen and oxygen atoms in total. The van der Waals surface area contributed by atoms with Gasteiger partial charge in [-0.05, 0) is 61.4 Å². The van der Waals surface area contributed by atoms with E-state index in [-0.39, 0.29) is 17.8 Å². The minimum atomic E-state index is -2.88. The topological polar surface area (TPSA) is 124 Å². The van der Waals surface area contributed by atoms with Crippen molar-refractivity contribution in [3.05, 3.63) is 72.2 Å². The van der Waals surface area contributed by atoms with Crippen molar-refractivity contribution < 1.29 is 28.2 Å². The predicted molar refractivity (Wildman–Crippen MR) is 161 cm³/mol. The number of fused-ring (bicyclic) bond motifs is 1. The Morgan fingerprint density at radius 2 is 1.89 bits per heavy atom. The molecule has 0 spiro atoms. The van der Waals surface area contributed by atoms with Gasteiger partial charge in [-0.15, -0.1) is 0 Å². The Morgan fingerprint density at radius 1 is 1.14 bits per heavy atom. The van der Waals surface area contributed by atoms with Gasteiger partial charge >= 0.3 is 6.61 Å². The number of nitrogens with one attached hydrogen (secondary N) is 2. The summed E-state index contributed by atoms with van der Waals surface area (Å²) in [5, 5.41) is 16.4. The number of nitrogens with zero attached hydrogens (tertiary/aromatic N) is 5. The van der Waals surface area contributed by atoms with Crippen LogP contribution in [0.25, 0.3) is 16.9 Å². The fourth-order valence-electron chi connectivity index (χ4n) is 5.70. The van der Waals surface area contributed by atoms with Gasteiger partial charge in [-0.25, -0.2) is 9.97 Å². The van der Waals surface area contributed by atoms with Crippen LogP contribution in [0.5, 0.6) is 5.75 Å². The quantitative estimate of drug-likeness (QED) is 0.277. The molecule has 1 amide bonds. The third-order valence-corrected chi connectivity index (χ3v) is 7.86. The maximum atomic E-state index is 13.3. The van der Waals surface area contributed by atoms with Crippen LogP contribution in [0, 0.1) is 6.92 Å². The van der Waals surface area contributed by atoms with E-state index in [1.54, 1.807) is 30.7 Å². The highest BCUT2D eigenvalue weighted by Gasteiger charge is 2.28. The largest absolute Gasteiger partial charge is 0.435 e. The lowest BCUT2D eigenvalue weighted by atomic mass is 10.1. The summed E-state index contributed by atoms with van der Waals surface area (Å²) in [6.45, 7) is 5.56. The zero-order chi connectivity index (χ0) is 31.2. The van der Waals surface area contributed by atoms with E-state index in [9.17, 15) is 18.7 Å². The Labute approximate surface area is 253 Å². The number of hydrogen-bond acceptors (Lipinski definition) is 9. The van der Waals surface area contributed by atoms with E-state index in [1.807, 2.05) is 41.2 Å². The molecule has 4 aromatic rings. The van der Waals surface area contributed by atoms with Gasteiger partial charge in [0.1, 0.15) is 12.5 Å². The van der Waals surface area contributed by atoms with Crippen molar-refractivity contribution in [2.45, 2.75) is 32.1 Å². The smallest absolute Gasteiger partial charge is 0.387 e. The van der Waals surface area contributed by atoms with E-state index < -0.39 is 6.61 Å². The molecule has 0 radical (unpaired) electrons. The predicted octanol–water partition coefficient (Wildman–Crippen LogP) is 3.35. The van der Waals surface area contributed by atoms with Crippen molar-refractivity contribution in [2.75, 3.05) is 44.6 Å². The van der Waals surface area contributed by atoms with Crippen molar-refractivity contribution in [3.63, 3.8) is 0 Å². The third-order valence-electron chi connectivity index (χ3n) is 7.86. The van der Waals surface area contributed by atoms with E-state index in [0.717, 1.165) is 48.6 Å². The highest BCUT2D eigenvalue weighted by atomic mass is 19.3. The maximum Gasteiger partial charge on any atom is 0.387 e. The number of benzene rings is 2. The Kier molecular flexibility index (Phi) is 9.78. The Balaban J connectivity index is 0.00000188. The van der Waals surface area contributed by atoms with Gasteiger partial charge in [-0.2, -0.15) is 8.78 Å². The normalized spacial score (nSPS) is 18.7. The van der Waals surface area contributed by atoms with Crippen LogP contribution in [0.4, 0.5) is 20.3 Å². The summed E-state index contributed by atoms with van der Waals surface area (Å²) >= 11 is 0. The Morgan fingerprint density at radius 3 is 2.55 bits per heavy atom. The van der Waals surface area contributed by atoms with Crippen LogP contribution in [-0.4, -0.2) is 100.0 Å². The van der Waals surface area contributed by atoms with Gasteiger partial charge in [0, 0.05) is 74.5 Å². The highest BCUT2D eigenvalue weighted by Crippen LogP contribution is 2.28. The van der Waals surface area contributed by atoms with Crippen LogP contribution < -0.4 is 15.4 Å². The molecule has 2 aromatic heterocycles. The second kappa shape index (κ2) is 13.9. The number of aryl methyl sites for hydroxylation is 1. The van der Waals surface area contributed by atoms with Gasteiger partial charge < -0.3 is 30.2 Å². The standard InChI is InChI=1S/C30H33F2N7O3.CH2O/c1-19-14-21(4-7-25(19)29(41)38-12-10-37(11-13-38)18-22-15-23(40)16-34-22)36-27-28-35-17-26(39(28)9-8-33-27)20-2-5-24(6-3-20)42-30(31)32;1-2/h2-9,14,17,22-23,30,34,40H,10-13,15-16,18H2,1H3,(H,33,36);1H2/t22-,23-;/m0./s1. The zero-order valence-electron chi connectivity index (χ0n) is 24.3. The fraction of sp³-hybridized carbons (Fsp3) is 0.355. The van der Waals surface area contributed by atoms with E-state index in [4.69, 9.17) is 4.79 Å². The second-order valence-electron chi connectivity index (χ2n) is 10.8. The van der Waals surface area contributed by atoms with Crippen molar-refractivity contribution in [3.8, 4) is 17.0 Å². The molecule has 2 aromatic carbocycles. The molecule has 4 heterocycles.